The lowest BCUT2D eigenvalue weighted by molar-refractivity contribution is -0.124. The van der Waals surface area contributed by atoms with Crippen LogP contribution < -0.4 is 11.1 Å². The van der Waals surface area contributed by atoms with Gasteiger partial charge in [-0.1, -0.05) is 6.92 Å². The van der Waals surface area contributed by atoms with E-state index in [1.807, 2.05) is 6.92 Å². The lowest BCUT2D eigenvalue weighted by atomic mass is 10.1. The van der Waals surface area contributed by atoms with Gasteiger partial charge in [0.25, 0.3) is 0 Å². The van der Waals surface area contributed by atoms with Crippen molar-refractivity contribution in [1.29, 1.82) is 0 Å². The standard InChI is InChI=1S/C11H23N3O/c1-8(6-12)11(15)13-7-10(14(2)3)9-4-5-9/h8-10H,4-7,12H2,1-3H3,(H,13,15). The van der Waals surface area contributed by atoms with E-state index < -0.39 is 0 Å². The molecule has 0 heterocycles. The lowest BCUT2D eigenvalue weighted by Crippen LogP contribution is -2.44. The zero-order valence-corrected chi connectivity index (χ0v) is 9.99. The van der Waals surface area contributed by atoms with Crippen molar-refractivity contribution in [2.45, 2.75) is 25.8 Å². The first-order chi connectivity index (χ1) is 7.06. The molecule has 1 fully saturated rings. The third-order valence-electron chi connectivity index (χ3n) is 3.12. The van der Waals surface area contributed by atoms with E-state index in [-0.39, 0.29) is 11.8 Å². The molecule has 0 radical (unpaired) electrons. The van der Waals surface area contributed by atoms with Gasteiger partial charge in [0.15, 0.2) is 0 Å². The molecular formula is C11H23N3O. The highest BCUT2D eigenvalue weighted by Gasteiger charge is 2.32. The number of rotatable bonds is 6. The van der Waals surface area contributed by atoms with Crippen LogP contribution in [0.3, 0.4) is 0 Å². The molecule has 1 aliphatic carbocycles. The number of nitrogens with two attached hydrogens (primary N) is 1. The van der Waals surface area contributed by atoms with E-state index in [0.29, 0.717) is 12.6 Å². The van der Waals surface area contributed by atoms with Crippen LogP contribution in [-0.4, -0.2) is 44.0 Å². The monoisotopic (exact) mass is 213 g/mol. The number of hydrogen-bond acceptors (Lipinski definition) is 3. The molecule has 3 N–H and O–H groups in total. The van der Waals surface area contributed by atoms with Gasteiger partial charge in [-0.25, -0.2) is 0 Å². The summed E-state index contributed by atoms with van der Waals surface area (Å²) >= 11 is 0. The first-order valence-electron chi connectivity index (χ1n) is 5.70. The summed E-state index contributed by atoms with van der Waals surface area (Å²) in [6.45, 7) is 3.03. The van der Waals surface area contributed by atoms with Gasteiger partial charge >= 0.3 is 0 Å². The molecule has 0 aromatic heterocycles. The second-order valence-corrected chi connectivity index (χ2v) is 4.75. The minimum atomic E-state index is -0.0768. The summed E-state index contributed by atoms with van der Waals surface area (Å²) in [5.41, 5.74) is 5.44. The van der Waals surface area contributed by atoms with Crippen LogP contribution in [0.15, 0.2) is 0 Å². The molecule has 2 atom stereocenters. The number of amides is 1. The molecule has 0 spiro atoms. The molecule has 4 nitrogen and oxygen atoms in total. The Hall–Kier alpha value is -0.610. The van der Waals surface area contributed by atoms with E-state index in [2.05, 4.69) is 24.3 Å². The fourth-order valence-corrected chi connectivity index (χ4v) is 1.74. The predicted molar refractivity (Wildman–Crippen MR) is 61.4 cm³/mol. The smallest absolute Gasteiger partial charge is 0.224 e. The molecule has 0 aliphatic heterocycles. The quantitative estimate of drug-likeness (QED) is 0.655. The zero-order valence-electron chi connectivity index (χ0n) is 9.99. The second kappa shape index (κ2) is 5.47. The van der Waals surface area contributed by atoms with E-state index in [4.69, 9.17) is 5.73 Å². The topological polar surface area (TPSA) is 58.4 Å². The van der Waals surface area contributed by atoms with E-state index in [0.717, 1.165) is 12.5 Å². The fraction of sp³-hybridized carbons (Fsp3) is 0.909. The Kier molecular flexibility index (Phi) is 4.54. The summed E-state index contributed by atoms with van der Waals surface area (Å²) in [6.07, 6.45) is 2.59. The van der Waals surface area contributed by atoms with Crippen molar-refractivity contribution in [2.75, 3.05) is 27.2 Å². The Labute approximate surface area is 92.2 Å². The minimum Gasteiger partial charge on any atom is -0.354 e. The maximum atomic E-state index is 11.5. The summed E-state index contributed by atoms with van der Waals surface area (Å²) in [6, 6.07) is 0.485. The van der Waals surface area contributed by atoms with Crippen molar-refractivity contribution >= 4 is 5.91 Å². The summed E-state index contributed by atoms with van der Waals surface area (Å²) in [5.74, 6) is 0.769. The van der Waals surface area contributed by atoms with Crippen LogP contribution >= 0.6 is 0 Å². The van der Waals surface area contributed by atoms with Gasteiger partial charge in [-0.05, 0) is 32.9 Å². The number of hydrogen-bond donors (Lipinski definition) is 2. The molecular weight excluding hydrogens is 190 g/mol. The second-order valence-electron chi connectivity index (χ2n) is 4.75. The fourth-order valence-electron chi connectivity index (χ4n) is 1.74. The van der Waals surface area contributed by atoms with Gasteiger partial charge < -0.3 is 16.0 Å². The van der Waals surface area contributed by atoms with Gasteiger partial charge in [-0.15, -0.1) is 0 Å². The molecule has 2 unspecified atom stereocenters. The molecule has 0 saturated heterocycles. The molecule has 1 rings (SSSR count). The Bertz CT molecular complexity index is 212. The normalized spacial score (nSPS) is 20.1. The van der Waals surface area contributed by atoms with Gasteiger partial charge in [-0.3, -0.25) is 4.79 Å². The third-order valence-corrected chi connectivity index (χ3v) is 3.12. The number of carbonyl (C=O) groups is 1. The number of nitrogens with zero attached hydrogens (tertiary/aromatic N) is 1. The number of nitrogens with one attached hydrogen (secondary N) is 1. The summed E-state index contributed by atoms with van der Waals surface area (Å²) in [7, 11) is 4.14. The highest BCUT2D eigenvalue weighted by molar-refractivity contribution is 5.78. The predicted octanol–water partition coefficient (Wildman–Crippen LogP) is 0.0376. The van der Waals surface area contributed by atoms with Crippen molar-refractivity contribution in [3.63, 3.8) is 0 Å². The van der Waals surface area contributed by atoms with Crippen molar-refractivity contribution in [2.24, 2.45) is 17.6 Å². The maximum absolute atomic E-state index is 11.5. The average Bonchev–Trinajstić information content (AvgIpc) is 3.00. The average molecular weight is 213 g/mol. The van der Waals surface area contributed by atoms with Crippen LogP contribution in [0.2, 0.25) is 0 Å². The van der Waals surface area contributed by atoms with Gasteiger partial charge in [-0.2, -0.15) is 0 Å². The minimum absolute atomic E-state index is 0.0741. The van der Waals surface area contributed by atoms with Gasteiger partial charge in [0.05, 0.1) is 0 Å². The SMILES string of the molecule is CC(CN)C(=O)NCC(C1CC1)N(C)C. The molecule has 0 aromatic rings. The maximum Gasteiger partial charge on any atom is 0.224 e. The largest absolute Gasteiger partial charge is 0.354 e. The molecule has 0 bridgehead atoms. The highest BCUT2D eigenvalue weighted by Crippen LogP contribution is 2.34. The van der Waals surface area contributed by atoms with E-state index in [1.165, 1.54) is 12.8 Å². The zero-order chi connectivity index (χ0) is 11.4. The van der Waals surface area contributed by atoms with Crippen LogP contribution in [0.1, 0.15) is 19.8 Å². The van der Waals surface area contributed by atoms with Gasteiger partial charge in [0.1, 0.15) is 0 Å². The summed E-state index contributed by atoms with van der Waals surface area (Å²) in [5, 5.41) is 2.98. The molecule has 88 valence electrons. The summed E-state index contributed by atoms with van der Waals surface area (Å²) in [4.78, 5) is 13.7. The molecule has 0 aromatic carbocycles. The molecule has 4 heteroatoms. The van der Waals surface area contributed by atoms with Crippen LogP contribution in [0.5, 0.6) is 0 Å². The Morgan fingerprint density at radius 3 is 2.53 bits per heavy atom. The summed E-state index contributed by atoms with van der Waals surface area (Å²) < 4.78 is 0. The van der Waals surface area contributed by atoms with Crippen LogP contribution in [0.25, 0.3) is 0 Å². The Morgan fingerprint density at radius 2 is 2.13 bits per heavy atom. The van der Waals surface area contributed by atoms with Crippen molar-refractivity contribution in [1.82, 2.24) is 10.2 Å². The van der Waals surface area contributed by atoms with Crippen LogP contribution in [0.4, 0.5) is 0 Å². The Balaban J connectivity index is 2.30. The number of likely N-dealkylation sites (N-methyl/N-ethyl adjacent to an activating group) is 1. The first-order valence-corrected chi connectivity index (χ1v) is 5.70. The van der Waals surface area contributed by atoms with Crippen LogP contribution in [-0.2, 0) is 4.79 Å². The van der Waals surface area contributed by atoms with Crippen molar-refractivity contribution < 1.29 is 4.79 Å². The van der Waals surface area contributed by atoms with Crippen LogP contribution in [0, 0.1) is 11.8 Å². The lowest BCUT2D eigenvalue weighted by Gasteiger charge is -2.25. The molecule has 15 heavy (non-hydrogen) atoms. The van der Waals surface area contributed by atoms with Gasteiger partial charge in [0, 0.05) is 25.0 Å². The third kappa shape index (κ3) is 3.80. The van der Waals surface area contributed by atoms with E-state index in [9.17, 15) is 4.79 Å². The number of carbonyl (C=O) groups excluding carboxylic acids is 1. The molecule has 1 saturated carbocycles. The van der Waals surface area contributed by atoms with E-state index in [1.54, 1.807) is 0 Å². The van der Waals surface area contributed by atoms with E-state index >= 15 is 0 Å². The van der Waals surface area contributed by atoms with Crippen molar-refractivity contribution in [3.8, 4) is 0 Å². The molecule has 1 aliphatic rings. The highest BCUT2D eigenvalue weighted by atomic mass is 16.1. The molecule has 1 amide bonds. The Morgan fingerprint density at radius 1 is 1.53 bits per heavy atom. The van der Waals surface area contributed by atoms with Gasteiger partial charge in [0.2, 0.25) is 5.91 Å². The van der Waals surface area contributed by atoms with Crippen molar-refractivity contribution in [3.05, 3.63) is 0 Å². The first kappa shape index (κ1) is 12.5.